The van der Waals surface area contributed by atoms with Crippen molar-refractivity contribution < 1.29 is 9.59 Å². The van der Waals surface area contributed by atoms with Crippen LogP contribution in [0, 0.1) is 29.6 Å². The third-order valence-corrected chi connectivity index (χ3v) is 10.0. The van der Waals surface area contributed by atoms with Crippen LogP contribution in [0.4, 0.5) is 5.69 Å². The summed E-state index contributed by atoms with van der Waals surface area (Å²) in [5.41, 5.74) is 4.21. The van der Waals surface area contributed by atoms with Crippen molar-refractivity contribution in [2.75, 3.05) is 5.32 Å². The fourth-order valence-electron chi connectivity index (χ4n) is 8.52. The summed E-state index contributed by atoms with van der Waals surface area (Å²) < 4.78 is 0. The van der Waals surface area contributed by atoms with Crippen molar-refractivity contribution in [1.29, 1.82) is 0 Å². The number of anilines is 1. The molecule has 5 saturated carbocycles. The molecule has 1 heterocycles. The number of hydrogen-bond donors (Lipinski definition) is 3. The van der Waals surface area contributed by atoms with E-state index in [0.717, 1.165) is 84.4 Å². The van der Waals surface area contributed by atoms with Crippen LogP contribution in [-0.2, 0) is 4.79 Å². The van der Waals surface area contributed by atoms with E-state index in [1.54, 1.807) is 0 Å². The molecule has 8 rings (SSSR count). The van der Waals surface area contributed by atoms with Gasteiger partial charge < -0.3 is 15.6 Å². The van der Waals surface area contributed by atoms with Gasteiger partial charge in [-0.15, -0.1) is 0 Å². The van der Waals surface area contributed by atoms with Gasteiger partial charge in [0.2, 0.25) is 5.91 Å². The molecule has 6 nitrogen and oxygen atoms in total. The third kappa shape index (κ3) is 4.42. The predicted molar refractivity (Wildman–Crippen MR) is 150 cm³/mol. The molecule has 3 N–H and O–H groups in total. The second kappa shape index (κ2) is 9.25. The summed E-state index contributed by atoms with van der Waals surface area (Å²) in [7, 11) is 0. The molecular weight excluding hydrogens is 472 g/mol. The number of rotatable bonds is 5. The Labute approximate surface area is 224 Å². The second-order valence-electron chi connectivity index (χ2n) is 12.9. The largest absolute Gasteiger partial charge is 0.347 e. The zero-order valence-electron chi connectivity index (χ0n) is 22.3. The van der Waals surface area contributed by atoms with Gasteiger partial charge in [0.1, 0.15) is 5.82 Å². The maximum atomic E-state index is 13.2. The number of fused-ring (bicyclic) bond motifs is 1. The van der Waals surface area contributed by atoms with Gasteiger partial charge in [0.15, 0.2) is 0 Å². The molecule has 5 fully saturated rings. The van der Waals surface area contributed by atoms with Crippen LogP contribution >= 0.6 is 0 Å². The number of nitrogens with zero attached hydrogens (tertiary/aromatic N) is 1. The first-order valence-corrected chi connectivity index (χ1v) is 14.7. The Morgan fingerprint density at radius 3 is 2.29 bits per heavy atom. The average molecular weight is 511 g/mol. The van der Waals surface area contributed by atoms with E-state index in [9.17, 15) is 9.59 Å². The van der Waals surface area contributed by atoms with E-state index in [1.807, 2.05) is 42.5 Å². The maximum absolute atomic E-state index is 13.2. The van der Waals surface area contributed by atoms with Crippen molar-refractivity contribution in [3.05, 3.63) is 48.0 Å². The van der Waals surface area contributed by atoms with Crippen molar-refractivity contribution in [2.45, 2.75) is 76.7 Å². The lowest BCUT2D eigenvalue weighted by molar-refractivity contribution is -0.122. The van der Waals surface area contributed by atoms with Gasteiger partial charge in [0, 0.05) is 28.3 Å². The number of amides is 2. The van der Waals surface area contributed by atoms with Gasteiger partial charge in [-0.05, 0) is 105 Å². The molecule has 4 bridgehead atoms. The van der Waals surface area contributed by atoms with Crippen molar-refractivity contribution in [2.24, 2.45) is 29.6 Å². The van der Waals surface area contributed by atoms with E-state index in [-0.39, 0.29) is 23.3 Å². The molecule has 2 amide bonds. The summed E-state index contributed by atoms with van der Waals surface area (Å²) in [5.74, 6) is 3.89. The minimum absolute atomic E-state index is 0.0192. The maximum Gasteiger partial charge on any atom is 0.251 e. The van der Waals surface area contributed by atoms with E-state index in [2.05, 4.69) is 22.5 Å². The van der Waals surface area contributed by atoms with Crippen LogP contribution in [0.1, 0.15) is 81.5 Å². The van der Waals surface area contributed by atoms with Crippen molar-refractivity contribution >= 4 is 28.5 Å². The number of benzene rings is 2. The first kappa shape index (κ1) is 23.9. The topological polar surface area (TPSA) is 86.9 Å². The summed E-state index contributed by atoms with van der Waals surface area (Å²) in [5, 5.41) is 6.60. The molecule has 0 spiro atoms. The molecule has 2 unspecified atom stereocenters. The van der Waals surface area contributed by atoms with E-state index in [4.69, 9.17) is 4.98 Å². The molecule has 3 aromatic rings. The van der Waals surface area contributed by atoms with E-state index in [0.29, 0.717) is 11.5 Å². The number of H-pyrrole nitrogens is 1. The predicted octanol–water partition coefficient (Wildman–Crippen LogP) is 6.69. The van der Waals surface area contributed by atoms with E-state index in [1.165, 1.54) is 25.7 Å². The number of imidazole rings is 1. The Bertz CT molecular complexity index is 1340. The number of hydrogen-bond acceptors (Lipinski definition) is 3. The second-order valence-corrected chi connectivity index (χ2v) is 12.9. The lowest BCUT2D eigenvalue weighted by Gasteiger charge is -2.56. The molecule has 2 aromatic carbocycles. The van der Waals surface area contributed by atoms with Gasteiger partial charge in [0.25, 0.3) is 5.91 Å². The fraction of sp³-hybridized carbons (Fsp3) is 0.531. The molecule has 6 heteroatoms. The Morgan fingerprint density at radius 1 is 0.921 bits per heavy atom. The molecular formula is C32H38N4O2. The molecule has 5 aliphatic rings. The zero-order valence-corrected chi connectivity index (χ0v) is 22.3. The summed E-state index contributed by atoms with van der Waals surface area (Å²) in [4.78, 5) is 34.2. The third-order valence-electron chi connectivity index (χ3n) is 10.0. The van der Waals surface area contributed by atoms with Crippen molar-refractivity contribution in [1.82, 2.24) is 15.3 Å². The molecule has 198 valence electrons. The minimum atomic E-state index is 0.0192. The van der Waals surface area contributed by atoms with Crippen LogP contribution in [-0.4, -0.2) is 27.3 Å². The molecule has 1 aromatic heterocycles. The first-order chi connectivity index (χ1) is 18.4. The molecule has 38 heavy (non-hydrogen) atoms. The molecule has 0 aliphatic heterocycles. The summed E-state index contributed by atoms with van der Waals surface area (Å²) in [6.07, 6.45) is 12.0. The molecule has 0 radical (unpaired) electrons. The van der Waals surface area contributed by atoms with Gasteiger partial charge >= 0.3 is 0 Å². The highest BCUT2D eigenvalue weighted by molar-refractivity contribution is 5.96. The Morgan fingerprint density at radius 2 is 1.61 bits per heavy atom. The van der Waals surface area contributed by atoms with Crippen molar-refractivity contribution in [3.8, 4) is 11.4 Å². The minimum Gasteiger partial charge on any atom is -0.347 e. The Balaban J connectivity index is 1.04. The molecule has 2 atom stereocenters. The number of carbonyl (C=O) groups excluding carboxylic acids is 2. The number of aromatic nitrogens is 2. The first-order valence-electron chi connectivity index (χ1n) is 14.7. The van der Waals surface area contributed by atoms with Gasteiger partial charge in [-0.1, -0.05) is 31.9 Å². The monoisotopic (exact) mass is 510 g/mol. The van der Waals surface area contributed by atoms with Crippen LogP contribution in [0.15, 0.2) is 42.5 Å². The van der Waals surface area contributed by atoms with Crippen LogP contribution in [0.3, 0.4) is 0 Å². The van der Waals surface area contributed by atoms with E-state index >= 15 is 0 Å². The number of aromatic amines is 1. The zero-order chi connectivity index (χ0) is 25.9. The van der Waals surface area contributed by atoms with Gasteiger partial charge in [-0.25, -0.2) is 4.98 Å². The summed E-state index contributed by atoms with van der Waals surface area (Å²) in [6, 6.07) is 13.6. The smallest absolute Gasteiger partial charge is 0.251 e. The standard InChI is InChI=1S/C32H38N4O2/c1-19-4-2-3-5-26(19)31(38)33-25-10-11-27-28(15-25)35-29(34-27)23-6-8-24(9-7-23)30(37)36-32-16-20-12-21(17-32)14-22(13-20)18-32/h6-11,15,19-22,26H,2-5,12-14,16-18H2,1H3,(H,33,38)(H,34,35)(H,36,37). The lowest BCUT2D eigenvalue weighted by atomic mass is 9.53. The normalized spacial score (nSPS) is 31.9. The summed E-state index contributed by atoms with van der Waals surface area (Å²) in [6.45, 7) is 2.19. The molecule has 0 saturated heterocycles. The van der Waals surface area contributed by atoms with Gasteiger partial charge in [-0.3, -0.25) is 9.59 Å². The SMILES string of the molecule is CC1CCCCC1C(=O)Nc1ccc2nc(-c3ccc(C(=O)NC45CC6CC(CC(C6)C4)C5)cc3)[nH]c2c1. The van der Waals surface area contributed by atoms with Gasteiger partial charge in [-0.2, -0.15) is 0 Å². The number of nitrogens with one attached hydrogen (secondary N) is 3. The number of carbonyl (C=O) groups is 2. The highest BCUT2D eigenvalue weighted by atomic mass is 16.2. The van der Waals surface area contributed by atoms with Gasteiger partial charge in [0.05, 0.1) is 11.0 Å². The quantitative estimate of drug-likeness (QED) is 0.357. The summed E-state index contributed by atoms with van der Waals surface area (Å²) >= 11 is 0. The fourth-order valence-corrected chi connectivity index (χ4v) is 8.52. The Kier molecular flexibility index (Phi) is 5.82. The van der Waals surface area contributed by atoms with Crippen LogP contribution in [0.5, 0.6) is 0 Å². The average Bonchev–Trinajstić information content (AvgIpc) is 3.31. The Hall–Kier alpha value is -3.15. The highest BCUT2D eigenvalue weighted by Crippen LogP contribution is 2.55. The van der Waals surface area contributed by atoms with Crippen molar-refractivity contribution in [3.63, 3.8) is 0 Å². The van der Waals surface area contributed by atoms with Crippen LogP contribution in [0.2, 0.25) is 0 Å². The highest BCUT2D eigenvalue weighted by Gasteiger charge is 2.51. The lowest BCUT2D eigenvalue weighted by Crippen LogP contribution is -2.59. The van der Waals surface area contributed by atoms with E-state index < -0.39 is 0 Å². The van der Waals surface area contributed by atoms with Crippen LogP contribution < -0.4 is 10.6 Å². The van der Waals surface area contributed by atoms with Crippen LogP contribution in [0.25, 0.3) is 22.4 Å². The molecule has 5 aliphatic carbocycles.